The van der Waals surface area contributed by atoms with Gasteiger partial charge in [0.1, 0.15) is 6.10 Å². The number of rotatable bonds is 19. The molecule has 0 spiro atoms. The molecular weight excluding hydrogens is 398 g/mol. The van der Waals surface area contributed by atoms with Crippen LogP contribution in [0.3, 0.4) is 0 Å². The highest BCUT2D eigenvalue weighted by Gasteiger charge is 2.12. The van der Waals surface area contributed by atoms with Crippen LogP contribution in [0.2, 0.25) is 0 Å². The smallest absolute Gasteiger partial charge is 0.333 e. The number of aromatic hydroxyl groups is 2. The van der Waals surface area contributed by atoms with Crippen LogP contribution < -0.4 is 4.84 Å². The number of carbonyl (C=O) groups excluding carboxylic acids is 1. The molecule has 10 nitrogen and oxygen atoms in total. The maximum Gasteiger partial charge on any atom is 0.333 e. The second kappa shape index (κ2) is 16.9. The van der Waals surface area contributed by atoms with E-state index in [1.807, 2.05) is 0 Å². The van der Waals surface area contributed by atoms with Crippen LogP contribution in [0.5, 0.6) is 11.8 Å². The predicted molar refractivity (Wildman–Crippen MR) is 108 cm³/mol. The highest BCUT2D eigenvalue weighted by molar-refractivity contribution is 5.69. The molecule has 0 saturated carbocycles. The number of carbonyl (C=O) groups is 1. The molecule has 1 rings (SSSR count). The highest BCUT2D eigenvalue weighted by Crippen LogP contribution is 2.19. The van der Waals surface area contributed by atoms with Crippen molar-refractivity contribution in [1.82, 2.24) is 4.73 Å². The van der Waals surface area contributed by atoms with Crippen LogP contribution in [0.1, 0.15) is 32.1 Å². The lowest BCUT2D eigenvalue weighted by atomic mass is 10.1. The fraction of sp³-hybridized carbons (Fsp3) is 0.750. The Bertz CT molecular complexity index is 545. The minimum Gasteiger partial charge on any atom is -0.492 e. The van der Waals surface area contributed by atoms with E-state index in [2.05, 4.69) is 0 Å². The van der Waals surface area contributed by atoms with Gasteiger partial charge in [0, 0.05) is 39.4 Å². The molecule has 1 aromatic heterocycles. The molecule has 0 aliphatic carbocycles. The predicted octanol–water partition coefficient (Wildman–Crippen LogP) is 1.52. The molecule has 0 aliphatic rings. The Balaban J connectivity index is 2.06. The molecule has 0 amide bonds. The number of methoxy groups -OCH3 is 2. The molecule has 2 N–H and O–H groups in total. The van der Waals surface area contributed by atoms with Gasteiger partial charge in [-0.15, -0.1) is 4.73 Å². The summed E-state index contributed by atoms with van der Waals surface area (Å²) in [5, 5.41) is 18.9. The van der Waals surface area contributed by atoms with Crippen molar-refractivity contribution in [2.24, 2.45) is 0 Å². The van der Waals surface area contributed by atoms with Crippen molar-refractivity contribution in [1.29, 1.82) is 0 Å². The van der Waals surface area contributed by atoms with Gasteiger partial charge < -0.3 is 38.7 Å². The Morgan fingerprint density at radius 2 is 1.47 bits per heavy atom. The van der Waals surface area contributed by atoms with Crippen molar-refractivity contribution in [3.05, 3.63) is 12.1 Å². The van der Waals surface area contributed by atoms with Crippen molar-refractivity contribution >= 4 is 5.97 Å². The van der Waals surface area contributed by atoms with Crippen LogP contribution in [0.15, 0.2) is 12.1 Å². The zero-order valence-electron chi connectivity index (χ0n) is 17.9. The van der Waals surface area contributed by atoms with Crippen LogP contribution in [0.25, 0.3) is 0 Å². The van der Waals surface area contributed by atoms with Gasteiger partial charge in [-0.25, -0.2) is 4.79 Å². The Morgan fingerprint density at radius 3 is 2.13 bits per heavy atom. The van der Waals surface area contributed by atoms with Crippen molar-refractivity contribution in [3.63, 3.8) is 0 Å². The molecule has 10 heteroatoms. The fourth-order valence-electron chi connectivity index (χ4n) is 2.48. The number of aromatic nitrogens is 1. The molecule has 0 aliphatic heterocycles. The standard InChI is InChI=1S/C20H35NO9/c1-25-11-13-28-16-17(29-14-12-26-2)15-27-10-6-4-3-5-7-20(24)30-21-18(22)8-9-19(21)23/h8-9,17,22-23H,3-7,10-16H2,1-2H3. The topological polar surface area (TPSA) is 118 Å². The second-order valence-corrected chi connectivity index (χ2v) is 6.60. The summed E-state index contributed by atoms with van der Waals surface area (Å²) < 4.78 is 27.5. The summed E-state index contributed by atoms with van der Waals surface area (Å²) in [4.78, 5) is 16.6. The number of hydrogen-bond acceptors (Lipinski definition) is 9. The van der Waals surface area contributed by atoms with Crippen LogP contribution in [-0.2, 0) is 28.5 Å². The first-order valence-electron chi connectivity index (χ1n) is 10.1. The summed E-state index contributed by atoms with van der Waals surface area (Å²) in [6.45, 7) is 3.50. The average Bonchev–Trinajstić information content (AvgIpc) is 3.04. The van der Waals surface area contributed by atoms with E-state index in [0.29, 0.717) is 57.4 Å². The number of unbranched alkanes of at least 4 members (excludes halogenated alkanes) is 3. The van der Waals surface area contributed by atoms with Crippen LogP contribution in [0.4, 0.5) is 0 Å². The third-order valence-electron chi connectivity index (χ3n) is 4.09. The summed E-state index contributed by atoms with van der Waals surface area (Å²) >= 11 is 0. The molecule has 0 saturated heterocycles. The normalized spacial score (nSPS) is 12.2. The zero-order valence-corrected chi connectivity index (χ0v) is 17.9. The minimum atomic E-state index is -0.516. The quantitative estimate of drug-likeness (QED) is 0.313. The second-order valence-electron chi connectivity index (χ2n) is 6.60. The Morgan fingerprint density at radius 1 is 0.867 bits per heavy atom. The summed E-state index contributed by atoms with van der Waals surface area (Å²) in [6, 6.07) is 2.48. The van der Waals surface area contributed by atoms with Crippen molar-refractivity contribution in [3.8, 4) is 11.8 Å². The molecule has 0 fully saturated rings. The lowest BCUT2D eigenvalue weighted by Gasteiger charge is -2.18. The van der Waals surface area contributed by atoms with Gasteiger partial charge >= 0.3 is 5.97 Å². The van der Waals surface area contributed by atoms with Gasteiger partial charge in [-0.2, -0.15) is 0 Å². The average molecular weight is 433 g/mol. The van der Waals surface area contributed by atoms with Gasteiger partial charge in [-0.3, -0.25) is 0 Å². The zero-order chi connectivity index (χ0) is 22.0. The van der Waals surface area contributed by atoms with E-state index in [1.165, 1.54) is 12.1 Å². The molecule has 1 heterocycles. The van der Waals surface area contributed by atoms with E-state index in [4.69, 9.17) is 28.5 Å². The molecule has 30 heavy (non-hydrogen) atoms. The first kappa shape index (κ1) is 26.2. The summed E-state index contributed by atoms with van der Waals surface area (Å²) in [6.07, 6.45) is 3.31. The van der Waals surface area contributed by atoms with E-state index in [1.54, 1.807) is 14.2 Å². The van der Waals surface area contributed by atoms with E-state index in [0.717, 1.165) is 19.3 Å². The monoisotopic (exact) mass is 433 g/mol. The van der Waals surface area contributed by atoms with Gasteiger partial charge in [0.2, 0.25) is 11.8 Å². The number of nitrogens with zero attached hydrogens (tertiary/aromatic N) is 1. The van der Waals surface area contributed by atoms with E-state index >= 15 is 0 Å². The van der Waals surface area contributed by atoms with E-state index < -0.39 is 5.97 Å². The van der Waals surface area contributed by atoms with Gasteiger partial charge in [0.05, 0.1) is 39.6 Å². The highest BCUT2D eigenvalue weighted by atomic mass is 16.7. The fourth-order valence-corrected chi connectivity index (χ4v) is 2.48. The van der Waals surface area contributed by atoms with Crippen LogP contribution in [0, 0.1) is 0 Å². The third-order valence-corrected chi connectivity index (χ3v) is 4.09. The van der Waals surface area contributed by atoms with Crippen molar-refractivity contribution in [2.75, 3.05) is 60.5 Å². The first-order chi connectivity index (χ1) is 14.6. The SMILES string of the molecule is COCCOCC(COCCCCCCC(=O)On1c(O)ccc1O)OCCOC. The maximum atomic E-state index is 11.7. The maximum absolute atomic E-state index is 11.7. The van der Waals surface area contributed by atoms with Gasteiger partial charge in [-0.05, 0) is 12.8 Å². The molecule has 1 unspecified atom stereocenters. The summed E-state index contributed by atoms with van der Waals surface area (Å²) in [7, 11) is 3.25. The lowest BCUT2D eigenvalue weighted by molar-refractivity contribution is -0.145. The van der Waals surface area contributed by atoms with E-state index in [9.17, 15) is 15.0 Å². The van der Waals surface area contributed by atoms with Crippen LogP contribution >= 0.6 is 0 Å². The van der Waals surface area contributed by atoms with Gasteiger partial charge in [-0.1, -0.05) is 12.8 Å². The number of hydrogen-bond donors (Lipinski definition) is 2. The first-order valence-corrected chi connectivity index (χ1v) is 10.1. The molecule has 174 valence electrons. The van der Waals surface area contributed by atoms with Gasteiger partial charge in [0.15, 0.2) is 0 Å². The van der Waals surface area contributed by atoms with Crippen LogP contribution in [-0.4, -0.2) is 87.5 Å². The minimum absolute atomic E-state index is 0.159. The Hall–Kier alpha value is -1.85. The molecule has 0 radical (unpaired) electrons. The molecule has 1 aromatic rings. The Kier molecular flexibility index (Phi) is 14.7. The third kappa shape index (κ3) is 12.0. The summed E-state index contributed by atoms with van der Waals surface area (Å²) in [5.41, 5.74) is 0. The number of ether oxygens (including phenoxy) is 5. The van der Waals surface area contributed by atoms with E-state index in [-0.39, 0.29) is 24.3 Å². The Labute approximate surface area is 177 Å². The lowest BCUT2D eigenvalue weighted by Crippen LogP contribution is -2.28. The van der Waals surface area contributed by atoms with Crippen molar-refractivity contribution < 1.29 is 43.5 Å². The van der Waals surface area contributed by atoms with Crippen molar-refractivity contribution in [2.45, 2.75) is 38.2 Å². The molecule has 0 bridgehead atoms. The molecule has 0 aromatic carbocycles. The van der Waals surface area contributed by atoms with Gasteiger partial charge in [0.25, 0.3) is 0 Å². The molecular formula is C20H35NO9. The summed E-state index contributed by atoms with van der Waals surface area (Å²) in [5.74, 6) is -1.17. The molecule has 1 atom stereocenters. The largest absolute Gasteiger partial charge is 0.492 e.